The van der Waals surface area contributed by atoms with E-state index in [9.17, 15) is 9.59 Å². The summed E-state index contributed by atoms with van der Waals surface area (Å²) < 4.78 is 5.07. The fourth-order valence-corrected chi connectivity index (χ4v) is 1.17. The Morgan fingerprint density at radius 3 is 2.69 bits per heavy atom. The lowest BCUT2D eigenvalue weighted by Gasteiger charge is -1.88. The lowest BCUT2D eigenvalue weighted by molar-refractivity contribution is 0.0684. The smallest absolute Gasteiger partial charge is 0.371 e. The highest BCUT2D eigenvalue weighted by Gasteiger charge is 2.13. The van der Waals surface area contributed by atoms with Crippen LogP contribution in [0.25, 0.3) is 11.5 Å². The number of aromatic nitrogens is 2. The van der Waals surface area contributed by atoms with E-state index in [4.69, 9.17) is 15.3 Å². The molecule has 7 heteroatoms. The zero-order valence-electron chi connectivity index (χ0n) is 7.93. The van der Waals surface area contributed by atoms with E-state index < -0.39 is 11.9 Å². The molecule has 4 N–H and O–H groups in total. The number of carbonyl (C=O) groups excluding carboxylic acids is 1. The van der Waals surface area contributed by atoms with Crippen molar-refractivity contribution in [2.24, 2.45) is 5.73 Å². The van der Waals surface area contributed by atoms with Gasteiger partial charge in [-0.1, -0.05) is 0 Å². The molecule has 0 aliphatic heterocycles. The summed E-state index contributed by atoms with van der Waals surface area (Å²) >= 11 is 0. The second-order valence-corrected chi connectivity index (χ2v) is 2.97. The molecule has 2 aromatic heterocycles. The minimum atomic E-state index is -1.17. The van der Waals surface area contributed by atoms with Gasteiger partial charge in [0.15, 0.2) is 11.5 Å². The Morgan fingerprint density at radius 1 is 1.44 bits per heavy atom. The number of rotatable bonds is 3. The van der Waals surface area contributed by atoms with E-state index in [0.29, 0.717) is 5.69 Å². The van der Waals surface area contributed by atoms with Gasteiger partial charge in [-0.25, -0.2) is 9.78 Å². The minimum Gasteiger partial charge on any atom is -0.475 e. The SMILES string of the molecule is NC(=O)c1ccc(-c2c[nH]c(C(=O)O)n2)o1. The number of primary amides is 1. The maximum Gasteiger partial charge on any atom is 0.371 e. The Morgan fingerprint density at radius 2 is 2.19 bits per heavy atom. The summed E-state index contributed by atoms with van der Waals surface area (Å²) in [6.45, 7) is 0. The maximum atomic E-state index is 10.8. The van der Waals surface area contributed by atoms with Gasteiger partial charge < -0.3 is 20.2 Å². The average molecular weight is 221 g/mol. The molecule has 0 radical (unpaired) electrons. The molecule has 0 unspecified atom stereocenters. The molecule has 0 atom stereocenters. The van der Waals surface area contributed by atoms with E-state index in [-0.39, 0.29) is 17.3 Å². The van der Waals surface area contributed by atoms with Crippen LogP contribution in [0.15, 0.2) is 22.7 Å². The summed E-state index contributed by atoms with van der Waals surface area (Å²) in [6.07, 6.45) is 1.37. The summed E-state index contributed by atoms with van der Waals surface area (Å²) in [5.74, 6) is -1.80. The molecule has 2 heterocycles. The van der Waals surface area contributed by atoms with E-state index in [1.807, 2.05) is 0 Å². The van der Waals surface area contributed by atoms with Crippen molar-refractivity contribution in [3.05, 3.63) is 29.9 Å². The van der Waals surface area contributed by atoms with Gasteiger partial charge in [-0.15, -0.1) is 0 Å². The Bertz CT molecular complexity index is 504. The number of amides is 1. The number of imidazole rings is 1. The maximum absolute atomic E-state index is 10.8. The van der Waals surface area contributed by atoms with Gasteiger partial charge in [0, 0.05) is 6.20 Å². The highest BCUT2D eigenvalue weighted by Crippen LogP contribution is 2.19. The van der Waals surface area contributed by atoms with Gasteiger partial charge in [0.05, 0.1) is 0 Å². The number of nitrogens with two attached hydrogens (primary N) is 1. The molecule has 82 valence electrons. The quantitative estimate of drug-likeness (QED) is 0.695. The number of hydrogen-bond donors (Lipinski definition) is 3. The summed E-state index contributed by atoms with van der Waals surface area (Å²) in [5.41, 5.74) is 5.30. The van der Waals surface area contributed by atoms with Crippen LogP contribution < -0.4 is 5.73 Å². The number of aromatic carboxylic acids is 1. The normalized spacial score (nSPS) is 10.2. The molecule has 1 amide bonds. The van der Waals surface area contributed by atoms with Crippen molar-refractivity contribution in [1.82, 2.24) is 9.97 Å². The first-order valence-corrected chi connectivity index (χ1v) is 4.26. The number of nitrogens with zero attached hydrogens (tertiary/aromatic N) is 1. The monoisotopic (exact) mass is 221 g/mol. The van der Waals surface area contributed by atoms with Gasteiger partial charge in [-0.3, -0.25) is 4.79 Å². The fraction of sp³-hybridized carbons (Fsp3) is 0. The number of hydrogen-bond acceptors (Lipinski definition) is 4. The Balaban J connectivity index is 2.35. The fourth-order valence-electron chi connectivity index (χ4n) is 1.17. The molecule has 7 nitrogen and oxygen atoms in total. The summed E-state index contributed by atoms with van der Waals surface area (Å²) in [6, 6.07) is 2.88. The molecule has 0 aliphatic carbocycles. The predicted octanol–water partition coefficient (Wildman–Crippen LogP) is 0.467. The molecule has 0 aliphatic rings. The second-order valence-electron chi connectivity index (χ2n) is 2.97. The molecule has 16 heavy (non-hydrogen) atoms. The third-order valence-corrected chi connectivity index (χ3v) is 1.88. The van der Waals surface area contributed by atoms with Crippen molar-refractivity contribution in [2.45, 2.75) is 0 Å². The van der Waals surface area contributed by atoms with Crippen molar-refractivity contribution in [3.63, 3.8) is 0 Å². The predicted molar refractivity (Wildman–Crippen MR) is 51.8 cm³/mol. The molecule has 0 saturated heterocycles. The first kappa shape index (κ1) is 9.97. The van der Waals surface area contributed by atoms with Gasteiger partial charge in [0.1, 0.15) is 5.69 Å². The molecule has 2 rings (SSSR count). The number of aromatic amines is 1. The van der Waals surface area contributed by atoms with Gasteiger partial charge in [-0.2, -0.15) is 0 Å². The number of furan rings is 1. The van der Waals surface area contributed by atoms with Crippen LogP contribution in [0.5, 0.6) is 0 Å². The van der Waals surface area contributed by atoms with E-state index in [1.54, 1.807) is 0 Å². The summed E-state index contributed by atoms with van der Waals surface area (Å²) in [7, 11) is 0. The van der Waals surface area contributed by atoms with Crippen LogP contribution in [0.2, 0.25) is 0 Å². The van der Waals surface area contributed by atoms with E-state index in [1.165, 1.54) is 18.3 Å². The van der Waals surface area contributed by atoms with Crippen LogP contribution in [0.3, 0.4) is 0 Å². The van der Waals surface area contributed by atoms with Crippen molar-refractivity contribution in [3.8, 4) is 11.5 Å². The second kappa shape index (κ2) is 3.54. The first-order valence-electron chi connectivity index (χ1n) is 4.26. The van der Waals surface area contributed by atoms with Gasteiger partial charge in [-0.05, 0) is 12.1 Å². The van der Waals surface area contributed by atoms with E-state index in [2.05, 4.69) is 9.97 Å². The molecule has 0 aromatic carbocycles. The summed E-state index contributed by atoms with van der Waals surface area (Å²) in [4.78, 5) is 27.5. The zero-order chi connectivity index (χ0) is 11.7. The third-order valence-electron chi connectivity index (χ3n) is 1.88. The number of carboxylic acids is 1. The highest BCUT2D eigenvalue weighted by molar-refractivity contribution is 5.90. The van der Waals surface area contributed by atoms with Gasteiger partial charge >= 0.3 is 5.97 Å². The van der Waals surface area contributed by atoms with Gasteiger partial charge in [0.25, 0.3) is 5.91 Å². The van der Waals surface area contributed by atoms with Crippen LogP contribution >= 0.6 is 0 Å². The number of nitrogens with one attached hydrogen (secondary N) is 1. The Labute approximate surface area is 88.9 Å². The first-order chi connectivity index (χ1) is 7.58. The zero-order valence-corrected chi connectivity index (χ0v) is 7.93. The average Bonchev–Trinajstić information content (AvgIpc) is 2.86. The third kappa shape index (κ3) is 1.65. The van der Waals surface area contributed by atoms with E-state index >= 15 is 0 Å². The molecule has 0 saturated carbocycles. The molecule has 0 fully saturated rings. The van der Waals surface area contributed by atoms with Crippen molar-refractivity contribution < 1.29 is 19.1 Å². The van der Waals surface area contributed by atoms with Crippen LogP contribution in [0.1, 0.15) is 21.2 Å². The molecule has 0 spiro atoms. The van der Waals surface area contributed by atoms with Crippen LogP contribution in [-0.2, 0) is 0 Å². The molecule has 2 aromatic rings. The number of carboxylic acid groups (broad SMARTS) is 1. The van der Waals surface area contributed by atoms with E-state index in [0.717, 1.165) is 0 Å². The van der Waals surface area contributed by atoms with Gasteiger partial charge in [0.2, 0.25) is 5.82 Å². The van der Waals surface area contributed by atoms with Crippen LogP contribution in [0.4, 0.5) is 0 Å². The lowest BCUT2D eigenvalue weighted by atomic mass is 10.3. The van der Waals surface area contributed by atoms with Crippen molar-refractivity contribution in [2.75, 3.05) is 0 Å². The lowest BCUT2D eigenvalue weighted by Crippen LogP contribution is -2.09. The highest BCUT2D eigenvalue weighted by atomic mass is 16.4. The van der Waals surface area contributed by atoms with Crippen molar-refractivity contribution in [1.29, 1.82) is 0 Å². The Kier molecular flexibility index (Phi) is 2.20. The molecular weight excluding hydrogens is 214 g/mol. The Hall–Kier alpha value is -2.57. The minimum absolute atomic E-state index is 0.00475. The van der Waals surface area contributed by atoms with Crippen LogP contribution in [0, 0.1) is 0 Å². The molecule has 0 bridgehead atoms. The largest absolute Gasteiger partial charge is 0.475 e. The topological polar surface area (TPSA) is 122 Å². The number of H-pyrrole nitrogens is 1. The summed E-state index contributed by atoms with van der Waals surface area (Å²) in [5, 5.41) is 8.64. The standard InChI is InChI=1S/C9H7N3O4/c10-7(13)6-2-1-5(16-6)4-3-11-8(12-4)9(14)15/h1-3H,(H2,10,13)(H,11,12)(H,14,15). The van der Waals surface area contributed by atoms with Crippen LogP contribution in [-0.4, -0.2) is 27.0 Å². The molecular formula is C9H7N3O4. The van der Waals surface area contributed by atoms with Crippen molar-refractivity contribution >= 4 is 11.9 Å². The number of carbonyl (C=O) groups is 2.